The van der Waals surface area contributed by atoms with E-state index in [4.69, 9.17) is 10.2 Å². The number of hydrogen-bond acceptors (Lipinski definition) is 5. The van der Waals surface area contributed by atoms with Crippen LogP contribution in [-0.2, 0) is 4.79 Å². The number of carbonyl (C=O) groups is 2. The molecule has 1 aliphatic rings. The molecule has 1 unspecified atom stereocenters. The first-order valence-corrected chi connectivity index (χ1v) is 8.97. The molecule has 1 aliphatic heterocycles. The molecule has 0 saturated carbocycles. The SMILES string of the molecule is NCCC(=O)NCC1CCCCN1C(=O)c1coc(-c2ccccc2)n1. The lowest BCUT2D eigenvalue weighted by molar-refractivity contribution is -0.121. The molecule has 138 valence electrons. The second-order valence-electron chi connectivity index (χ2n) is 6.39. The Morgan fingerprint density at radius 3 is 2.85 bits per heavy atom. The Balaban J connectivity index is 1.68. The second kappa shape index (κ2) is 8.62. The van der Waals surface area contributed by atoms with Crippen molar-refractivity contribution in [2.24, 2.45) is 5.73 Å². The van der Waals surface area contributed by atoms with Gasteiger partial charge >= 0.3 is 0 Å². The fourth-order valence-corrected chi connectivity index (χ4v) is 3.16. The van der Waals surface area contributed by atoms with Crippen molar-refractivity contribution in [1.29, 1.82) is 0 Å². The maximum atomic E-state index is 12.9. The quantitative estimate of drug-likeness (QED) is 0.822. The standard InChI is InChI=1S/C19H24N4O3/c20-10-9-17(24)21-12-15-8-4-5-11-23(15)19(25)16-13-26-18(22-16)14-6-2-1-3-7-14/h1-3,6-7,13,15H,4-5,8-12,20H2,(H,21,24). The molecule has 1 aromatic carbocycles. The minimum Gasteiger partial charge on any atom is -0.444 e. The summed E-state index contributed by atoms with van der Waals surface area (Å²) in [6.07, 6.45) is 4.55. The molecule has 7 heteroatoms. The van der Waals surface area contributed by atoms with E-state index >= 15 is 0 Å². The summed E-state index contributed by atoms with van der Waals surface area (Å²) in [6, 6.07) is 9.44. The Labute approximate surface area is 152 Å². The number of amides is 2. The summed E-state index contributed by atoms with van der Waals surface area (Å²) >= 11 is 0. The molecule has 2 heterocycles. The van der Waals surface area contributed by atoms with Crippen molar-refractivity contribution in [2.75, 3.05) is 19.6 Å². The molecule has 2 amide bonds. The molecule has 1 aromatic heterocycles. The smallest absolute Gasteiger partial charge is 0.276 e. The third-order valence-corrected chi connectivity index (χ3v) is 4.54. The molecule has 7 nitrogen and oxygen atoms in total. The van der Waals surface area contributed by atoms with Gasteiger partial charge in [0.25, 0.3) is 5.91 Å². The third kappa shape index (κ3) is 4.29. The molecule has 1 saturated heterocycles. The minimum absolute atomic E-state index is 0.0325. The lowest BCUT2D eigenvalue weighted by Gasteiger charge is -2.35. The lowest BCUT2D eigenvalue weighted by Crippen LogP contribution is -2.49. The van der Waals surface area contributed by atoms with Crippen molar-refractivity contribution in [3.8, 4) is 11.5 Å². The average molecular weight is 356 g/mol. The number of oxazole rings is 1. The van der Waals surface area contributed by atoms with Crippen LogP contribution in [0.15, 0.2) is 41.0 Å². The van der Waals surface area contributed by atoms with Gasteiger partial charge in [-0.3, -0.25) is 9.59 Å². The van der Waals surface area contributed by atoms with Gasteiger partial charge in [0.2, 0.25) is 11.8 Å². The summed E-state index contributed by atoms with van der Waals surface area (Å²) < 4.78 is 5.49. The van der Waals surface area contributed by atoms with E-state index in [1.807, 2.05) is 30.3 Å². The van der Waals surface area contributed by atoms with E-state index < -0.39 is 0 Å². The van der Waals surface area contributed by atoms with Gasteiger partial charge in [0, 0.05) is 37.7 Å². The molecule has 1 atom stereocenters. The zero-order chi connectivity index (χ0) is 18.4. The monoisotopic (exact) mass is 356 g/mol. The van der Waals surface area contributed by atoms with Crippen molar-refractivity contribution >= 4 is 11.8 Å². The summed E-state index contributed by atoms with van der Waals surface area (Å²) in [5, 5.41) is 2.86. The molecule has 0 bridgehead atoms. The molecule has 3 N–H and O–H groups in total. The molecule has 3 rings (SSSR count). The fraction of sp³-hybridized carbons (Fsp3) is 0.421. The highest BCUT2D eigenvalue weighted by Gasteiger charge is 2.29. The maximum Gasteiger partial charge on any atom is 0.276 e. The molecular weight excluding hydrogens is 332 g/mol. The van der Waals surface area contributed by atoms with Crippen molar-refractivity contribution in [2.45, 2.75) is 31.7 Å². The Morgan fingerprint density at radius 2 is 2.08 bits per heavy atom. The molecule has 0 aliphatic carbocycles. The highest BCUT2D eigenvalue weighted by Crippen LogP contribution is 2.22. The van der Waals surface area contributed by atoms with Gasteiger partial charge in [0.05, 0.1) is 0 Å². The predicted molar refractivity (Wildman–Crippen MR) is 97.3 cm³/mol. The highest BCUT2D eigenvalue weighted by molar-refractivity contribution is 5.92. The van der Waals surface area contributed by atoms with Gasteiger partial charge in [-0.2, -0.15) is 0 Å². The van der Waals surface area contributed by atoms with Gasteiger partial charge in [-0.25, -0.2) is 4.98 Å². The zero-order valence-corrected chi connectivity index (χ0v) is 14.7. The predicted octanol–water partition coefficient (Wildman–Crippen LogP) is 1.80. The van der Waals surface area contributed by atoms with Gasteiger partial charge in [-0.15, -0.1) is 0 Å². The van der Waals surface area contributed by atoms with Gasteiger partial charge in [-0.1, -0.05) is 18.2 Å². The van der Waals surface area contributed by atoms with Crippen LogP contribution in [0.5, 0.6) is 0 Å². The van der Waals surface area contributed by atoms with Crippen molar-refractivity contribution < 1.29 is 14.0 Å². The van der Waals surface area contributed by atoms with E-state index in [0.29, 0.717) is 37.6 Å². The van der Waals surface area contributed by atoms with Gasteiger partial charge < -0.3 is 20.4 Å². The van der Waals surface area contributed by atoms with E-state index in [-0.39, 0.29) is 17.9 Å². The normalized spacial score (nSPS) is 17.1. The Bertz CT molecular complexity index is 744. The summed E-state index contributed by atoms with van der Waals surface area (Å²) in [5.41, 5.74) is 6.52. The Morgan fingerprint density at radius 1 is 1.27 bits per heavy atom. The minimum atomic E-state index is -0.159. The first kappa shape index (κ1) is 18.1. The van der Waals surface area contributed by atoms with Crippen LogP contribution < -0.4 is 11.1 Å². The van der Waals surface area contributed by atoms with Crippen molar-refractivity contribution in [3.63, 3.8) is 0 Å². The number of aromatic nitrogens is 1. The molecule has 2 aromatic rings. The fourth-order valence-electron chi connectivity index (χ4n) is 3.16. The van der Waals surface area contributed by atoms with E-state index in [1.165, 1.54) is 6.26 Å². The van der Waals surface area contributed by atoms with Crippen LogP contribution in [0.25, 0.3) is 11.5 Å². The number of nitrogens with zero attached hydrogens (tertiary/aromatic N) is 2. The lowest BCUT2D eigenvalue weighted by atomic mass is 10.0. The number of benzene rings is 1. The number of likely N-dealkylation sites (tertiary alicyclic amines) is 1. The number of nitrogens with two attached hydrogens (primary N) is 1. The van der Waals surface area contributed by atoms with Crippen LogP contribution in [0.2, 0.25) is 0 Å². The molecule has 0 spiro atoms. The number of piperidine rings is 1. The average Bonchev–Trinajstić information content (AvgIpc) is 3.17. The van der Waals surface area contributed by atoms with E-state index in [2.05, 4.69) is 10.3 Å². The van der Waals surface area contributed by atoms with Crippen molar-refractivity contribution in [1.82, 2.24) is 15.2 Å². The zero-order valence-electron chi connectivity index (χ0n) is 14.7. The summed E-state index contributed by atoms with van der Waals surface area (Å²) in [6.45, 7) is 1.41. The first-order chi connectivity index (χ1) is 12.7. The van der Waals surface area contributed by atoms with Crippen LogP contribution in [0.1, 0.15) is 36.2 Å². The first-order valence-electron chi connectivity index (χ1n) is 8.97. The summed E-state index contributed by atoms with van der Waals surface area (Å²) in [7, 11) is 0. The summed E-state index contributed by atoms with van der Waals surface area (Å²) in [5.74, 6) is 0.186. The third-order valence-electron chi connectivity index (χ3n) is 4.54. The largest absolute Gasteiger partial charge is 0.444 e. The maximum absolute atomic E-state index is 12.9. The summed E-state index contributed by atoms with van der Waals surface area (Å²) in [4.78, 5) is 30.7. The van der Waals surface area contributed by atoms with E-state index in [0.717, 1.165) is 24.8 Å². The van der Waals surface area contributed by atoms with Crippen LogP contribution in [0, 0.1) is 0 Å². The topological polar surface area (TPSA) is 101 Å². The Kier molecular flexibility index (Phi) is 6.01. The van der Waals surface area contributed by atoms with E-state index in [9.17, 15) is 9.59 Å². The van der Waals surface area contributed by atoms with Crippen LogP contribution >= 0.6 is 0 Å². The number of carbonyl (C=O) groups excluding carboxylic acids is 2. The number of hydrogen-bond donors (Lipinski definition) is 2. The van der Waals surface area contributed by atoms with Gasteiger partial charge in [0.1, 0.15) is 6.26 Å². The number of nitrogens with one attached hydrogen (secondary N) is 1. The highest BCUT2D eigenvalue weighted by atomic mass is 16.3. The number of rotatable bonds is 6. The molecular formula is C19H24N4O3. The molecule has 1 fully saturated rings. The van der Waals surface area contributed by atoms with Crippen molar-refractivity contribution in [3.05, 3.63) is 42.3 Å². The van der Waals surface area contributed by atoms with E-state index in [1.54, 1.807) is 4.90 Å². The van der Waals surface area contributed by atoms with Crippen LogP contribution in [0.3, 0.4) is 0 Å². The molecule has 26 heavy (non-hydrogen) atoms. The van der Waals surface area contributed by atoms with Crippen LogP contribution in [0.4, 0.5) is 0 Å². The molecule has 0 radical (unpaired) electrons. The van der Waals surface area contributed by atoms with Gasteiger partial charge in [0.15, 0.2) is 5.69 Å². The van der Waals surface area contributed by atoms with Gasteiger partial charge in [-0.05, 0) is 31.4 Å². The second-order valence-corrected chi connectivity index (χ2v) is 6.39. The van der Waals surface area contributed by atoms with Crippen LogP contribution in [-0.4, -0.2) is 47.4 Å². The Hall–Kier alpha value is -2.67.